The number of nitrogens with zero attached hydrogens (tertiary/aromatic N) is 6. The van der Waals surface area contributed by atoms with Gasteiger partial charge in [0, 0.05) is 18.2 Å². The Bertz CT molecular complexity index is 1340. The van der Waals surface area contributed by atoms with E-state index in [0.717, 1.165) is 6.07 Å². The second kappa shape index (κ2) is 8.66. The lowest BCUT2D eigenvalue weighted by Crippen LogP contribution is -2.32. The third-order valence-electron chi connectivity index (χ3n) is 5.42. The molecule has 1 aromatic carbocycles. The Hall–Kier alpha value is -3.73. The number of fused-ring (bicyclic) bond motifs is 1. The van der Waals surface area contributed by atoms with Gasteiger partial charge in [0.05, 0.1) is 24.8 Å². The first-order valence-corrected chi connectivity index (χ1v) is 10.2. The molecule has 1 N–H and O–H groups in total. The van der Waals surface area contributed by atoms with E-state index in [4.69, 9.17) is 4.74 Å². The van der Waals surface area contributed by atoms with E-state index in [1.165, 1.54) is 16.9 Å². The Balaban J connectivity index is 1.63. The fourth-order valence-electron chi connectivity index (χ4n) is 3.59. The van der Waals surface area contributed by atoms with Gasteiger partial charge in [-0.2, -0.15) is 4.80 Å². The van der Waals surface area contributed by atoms with Crippen molar-refractivity contribution in [2.24, 2.45) is 7.05 Å². The van der Waals surface area contributed by atoms with Crippen molar-refractivity contribution in [3.8, 4) is 5.75 Å². The number of aliphatic hydroxyl groups excluding tert-OH is 1. The molecule has 1 atom stereocenters. The molecule has 0 saturated carbocycles. The zero-order valence-corrected chi connectivity index (χ0v) is 18.3. The van der Waals surface area contributed by atoms with Gasteiger partial charge >= 0.3 is 0 Å². The Kier molecular flexibility index (Phi) is 5.90. The smallest absolute Gasteiger partial charge is 0.183 e. The third-order valence-corrected chi connectivity index (χ3v) is 5.42. The van der Waals surface area contributed by atoms with Crippen LogP contribution in [-0.4, -0.2) is 47.1 Å². The number of carbonyl (C=O) groups excluding carboxylic acids is 1. The summed E-state index contributed by atoms with van der Waals surface area (Å²) in [6.07, 6.45) is 1.58. The number of Topliss-reactive ketones (excluding diaryl/α,β-unsaturated/α-hetero) is 1. The largest absolute Gasteiger partial charge is 0.485 e. The Morgan fingerprint density at radius 1 is 1.24 bits per heavy atom. The summed E-state index contributed by atoms with van der Waals surface area (Å²) in [5.41, 5.74) is 0.159. The zero-order chi connectivity index (χ0) is 23.8. The number of aliphatic hydroxyl groups is 1. The monoisotopic (exact) mass is 456 g/mol. The van der Waals surface area contributed by atoms with Crippen LogP contribution in [-0.2, 0) is 19.1 Å². The van der Waals surface area contributed by atoms with Crippen LogP contribution in [0.5, 0.6) is 5.75 Å². The van der Waals surface area contributed by atoms with Crippen LogP contribution in [0.25, 0.3) is 5.65 Å². The van der Waals surface area contributed by atoms with Gasteiger partial charge in [0.2, 0.25) is 0 Å². The topological polar surface area (TPSA) is 107 Å². The SMILES string of the molecule is Cc1nc2c(OCc3cccc(F)c3F)cccn2c1C(=O)CC(C)(CO)c1nnn(C)n1. The van der Waals surface area contributed by atoms with Crippen LogP contribution >= 0.6 is 0 Å². The number of hydrogen-bond acceptors (Lipinski definition) is 7. The number of tetrazole rings is 1. The number of benzene rings is 1. The van der Waals surface area contributed by atoms with Gasteiger partial charge in [-0.15, -0.1) is 10.2 Å². The maximum absolute atomic E-state index is 14.0. The number of carbonyl (C=O) groups is 1. The number of ether oxygens (including phenoxy) is 1. The highest BCUT2D eigenvalue weighted by atomic mass is 19.2. The molecule has 0 aliphatic rings. The standard InChI is InChI=1S/C22H22F2N6O3/c1-13-19(16(32)10-22(2,12-31)21-26-28-29(3)27-21)30-9-5-8-17(20(30)25-13)33-11-14-6-4-7-15(23)18(14)24/h4-9,31H,10-12H2,1-3H3. The summed E-state index contributed by atoms with van der Waals surface area (Å²) in [7, 11) is 1.60. The molecular weight excluding hydrogens is 434 g/mol. The number of rotatable bonds is 8. The molecule has 1 unspecified atom stereocenters. The van der Waals surface area contributed by atoms with Crippen molar-refractivity contribution in [1.82, 2.24) is 29.6 Å². The van der Waals surface area contributed by atoms with Gasteiger partial charge in [0.25, 0.3) is 0 Å². The molecule has 4 rings (SSSR count). The molecule has 0 aliphatic carbocycles. The van der Waals surface area contributed by atoms with Gasteiger partial charge in [0.15, 0.2) is 34.6 Å². The maximum atomic E-state index is 14.0. The number of halogens is 2. The quantitative estimate of drug-likeness (QED) is 0.406. The molecule has 0 saturated heterocycles. The molecule has 3 heterocycles. The molecule has 0 spiro atoms. The van der Waals surface area contributed by atoms with E-state index in [1.807, 2.05) is 0 Å². The minimum absolute atomic E-state index is 0.0618. The predicted octanol–water partition coefficient (Wildman–Crippen LogP) is 2.55. The highest BCUT2D eigenvalue weighted by molar-refractivity contribution is 5.97. The molecular formula is C22H22F2N6O3. The highest BCUT2D eigenvalue weighted by Crippen LogP contribution is 2.29. The number of pyridine rings is 1. The van der Waals surface area contributed by atoms with Crippen LogP contribution in [0.15, 0.2) is 36.5 Å². The summed E-state index contributed by atoms with van der Waals surface area (Å²) in [5.74, 6) is -1.64. The summed E-state index contributed by atoms with van der Waals surface area (Å²) in [4.78, 5) is 19.0. The molecule has 0 bridgehead atoms. The first-order chi connectivity index (χ1) is 15.7. The number of aromatic nitrogens is 6. The highest BCUT2D eigenvalue weighted by Gasteiger charge is 2.35. The van der Waals surface area contributed by atoms with E-state index in [2.05, 4.69) is 20.4 Å². The van der Waals surface area contributed by atoms with E-state index in [0.29, 0.717) is 22.8 Å². The number of imidazole rings is 1. The van der Waals surface area contributed by atoms with Crippen molar-refractivity contribution in [1.29, 1.82) is 0 Å². The number of hydrogen-bond donors (Lipinski definition) is 1. The van der Waals surface area contributed by atoms with Crippen LogP contribution in [0.4, 0.5) is 8.78 Å². The van der Waals surface area contributed by atoms with Crippen LogP contribution < -0.4 is 4.74 Å². The predicted molar refractivity (Wildman–Crippen MR) is 113 cm³/mol. The Morgan fingerprint density at radius 3 is 2.73 bits per heavy atom. The van der Waals surface area contributed by atoms with E-state index in [1.54, 1.807) is 43.6 Å². The van der Waals surface area contributed by atoms with Crippen molar-refractivity contribution in [2.75, 3.05) is 6.61 Å². The first kappa shape index (κ1) is 22.5. The molecule has 11 heteroatoms. The van der Waals surface area contributed by atoms with Gasteiger partial charge in [-0.05, 0) is 37.3 Å². The van der Waals surface area contributed by atoms with Crippen molar-refractivity contribution >= 4 is 11.4 Å². The van der Waals surface area contributed by atoms with E-state index < -0.39 is 17.0 Å². The molecule has 3 aromatic heterocycles. The second-order valence-corrected chi connectivity index (χ2v) is 8.03. The average Bonchev–Trinajstić information content (AvgIpc) is 3.37. The van der Waals surface area contributed by atoms with Gasteiger partial charge < -0.3 is 9.84 Å². The minimum Gasteiger partial charge on any atom is -0.485 e. The minimum atomic E-state index is -1.04. The Labute approximate surface area is 187 Å². The van der Waals surface area contributed by atoms with Gasteiger partial charge in [-0.1, -0.05) is 12.1 Å². The molecule has 0 aliphatic heterocycles. The van der Waals surface area contributed by atoms with Crippen LogP contribution in [0.3, 0.4) is 0 Å². The molecule has 0 amide bonds. The van der Waals surface area contributed by atoms with E-state index in [9.17, 15) is 18.7 Å². The van der Waals surface area contributed by atoms with Crippen molar-refractivity contribution in [2.45, 2.75) is 32.3 Å². The molecule has 0 fully saturated rings. The van der Waals surface area contributed by atoms with Crippen LogP contribution in [0.1, 0.15) is 40.9 Å². The van der Waals surface area contributed by atoms with E-state index >= 15 is 0 Å². The van der Waals surface area contributed by atoms with Gasteiger partial charge in [0.1, 0.15) is 12.3 Å². The maximum Gasteiger partial charge on any atom is 0.183 e. The van der Waals surface area contributed by atoms with Crippen molar-refractivity contribution in [3.63, 3.8) is 0 Å². The summed E-state index contributed by atoms with van der Waals surface area (Å²) in [6, 6.07) is 7.16. The van der Waals surface area contributed by atoms with E-state index in [-0.39, 0.29) is 36.8 Å². The lowest BCUT2D eigenvalue weighted by molar-refractivity contribution is 0.0906. The fourth-order valence-corrected chi connectivity index (χ4v) is 3.59. The first-order valence-electron chi connectivity index (χ1n) is 10.2. The second-order valence-electron chi connectivity index (χ2n) is 8.03. The molecule has 172 valence electrons. The molecule has 0 radical (unpaired) electrons. The Morgan fingerprint density at radius 2 is 2.03 bits per heavy atom. The summed E-state index contributed by atoms with van der Waals surface area (Å²) in [6.45, 7) is 2.81. The lowest BCUT2D eigenvalue weighted by Gasteiger charge is -2.22. The number of aryl methyl sites for hydroxylation is 2. The van der Waals surface area contributed by atoms with Gasteiger partial charge in [-0.3, -0.25) is 9.20 Å². The summed E-state index contributed by atoms with van der Waals surface area (Å²) in [5, 5.41) is 21.8. The summed E-state index contributed by atoms with van der Waals surface area (Å²) >= 11 is 0. The lowest BCUT2D eigenvalue weighted by atomic mass is 9.84. The normalized spacial score (nSPS) is 13.3. The zero-order valence-electron chi connectivity index (χ0n) is 18.3. The van der Waals surface area contributed by atoms with Crippen LogP contribution in [0, 0.1) is 18.6 Å². The molecule has 4 aromatic rings. The third kappa shape index (κ3) is 4.19. The van der Waals surface area contributed by atoms with Crippen molar-refractivity contribution in [3.05, 3.63) is 70.9 Å². The summed E-state index contributed by atoms with van der Waals surface area (Å²) < 4.78 is 34.7. The fraction of sp³-hybridized carbons (Fsp3) is 0.318. The van der Waals surface area contributed by atoms with Crippen LogP contribution in [0.2, 0.25) is 0 Å². The van der Waals surface area contributed by atoms with Crippen molar-refractivity contribution < 1.29 is 23.4 Å². The molecule has 9 nitrogen and oxygen atoms in total. The number of ketones is 1. The average molecular weight is 456 g/mol. The molecule has 33 heavy (non-hydrogen) atoms. The van der Waals surface area contributed by atoms with Gasteiger partial charge in [-0.25, -0.2) is 13.8 Å².